The molecular weight excluding hydrogens is 466 g/mol. The smallest absolute Gasteiger partial charge is 0.226 e. The quantitative estimate of drug-likeness (QED) is 0.332. The Morgan fingerprint density at radius 2 is 1.78 bits per heavy atom. The molecule has 0 saturated carbocycles. The monoisotopic (exact) mass is 495 g/mol. The van der Waals surface area contributed by atoms with Crippen LogP contribution in [0.25, 0.3) is 5.69 Å². The highest BCUT2D eigenvalue weighted by Crippen LogP contribution is 2.39. The molecule has 1 aliphatic heterocycles. The second kappa shape index (κ2) is 10.3. The van der Waals surface area contributed by atoms with Gasteiger partial charge in [-0.2, -0.15) is 0 Å². The molecule has 5 rings (SSSR count). The van der Waals surface area contributed by atoms with E-state index < -0.39 is 0 Å². The zero-order valence-electron chi connectivity index (χ0n) is 20.4. The van der Waals surface area contributed by atoms with E-state index in [9.17, 15) is 4.79 Å². The number of anilines is 1. The Morgan fingerprint density at radius 3 is 2.53 bits per heavy atom. The molecule has 4 aromatic rings. The van der Waals surface area contributed by atoms with Crippen molar-refractivity contribution in [3.8, 4) is 5.69 Å². The molecule has 0 spiro atoms. The topological polar surface area (TPSA) is 62.2 Å². The Kier molecular flexibility index (Phi) is 6.82. The summed E-state index contributed by atoms with van der Waals surface area (Å²) in [5, 5.41) is 7.10. The van der Waals surface area contributed by atoms with Gasteiger partial charge in [0.1, 0.15) is 0 Å². The van der Waals surface area contributed by atoms with Crippen molar-refractivity contribution in [3.05, 3.63) is 114 Å². The number of nitrogens with zero attached hydrogens (tertiary/aromatic N) is 3. The molecule has 2 aromatic heterocycles. The number of aryl methyl sites for hydroxylation is 2. The van der Waals surface area contributed by atoms with Crippen LogP contribution in [0, 0.1) is 13.8 Å². The Hall–Kier alpha value is -3.97. The molecule has 1 aliphatic rings. The lowest BCUT2D eigenvalue weighted by Gasteiger charge is -2.29. The van der Waals surface area contributed by atoms with Crippen LogP contribution in [0.4, 0.5) is 5.69 Å². The number of nitrogens with one attached hydrogen (secondary N) is 2. The molecular formula is C29H29N5OS. The lowest BCUT2D eigenvalue weighted by Crippen LogP contribution is -2.33. The van der Waals surface area contributed by atoms with Crippen LogP contribution in [-0.2, 0) is 4.79 Å². The van der Waals surface area contributed by atoms with Crippen LogP contribution in [0.2, 0.25) is 0 Å². The number of benzene rings is 2. The highest BCUT2D eigenvalue weighted by molar-refractivity contribution is 7.80. The van der Waals surface area contributed by atoms with Crippen molar-refractivity contribution in [1.82, 2.24) is 19.8 Å². The van der Waals surface area contributed by atoms with Gasteiger partial charge in [-0.3, -0.25) is 9.78 Å². The van der Waals surface area contributed by atoms with E-state index in [2.05, 4.69) is 62.5 Å². The van der Waals surface area contributed by atoms with Gasteiger partial charge in [0, 0.05) is 42.4 Å². The number of pyridine rings is 1. The van der Waals surface area contributed by atoms with Gasteiger partial charge in [0.15, 0.2) is 5.11 Å². The maximum Gasteiger partial charge on any atom is 0.226 e. The van der Waals surface area contributed by atoms with Gasteiger partial charge in [0.25, 0.3) is 0 Å². The number of carbonyl (C=O) groups is 1. The van der Waals surface area contributed by atoms with E-state index in [1.165, 1.54) is 5.56 Å². The molecule has 0 bridgehead atoms. The normalized spacial score (nSPS) is 17.2. The largest absolute Gasteiger partial charge is 0.352 e. The Balaban J connectivity index is 1.44. The van der Waals surface area contributed by atoms with E-state index in [1.54, 1.807) is 6.20 Å². The van der Waals surface area contributed by atoms with Crippen molar-refractivity contribution in [2.45, 2.75) is 32.4 Å². The SMILES string of the molecule is Cc1ccc(NC(=O)CCN2C(=S)N[C@H](c3ccccn3)[C@@H]2c2cccn2-c2ccccc2C)cc1. The van der Waals surface area contributed by atoms with Crippen LogP contribution >= 0.6 is 12.2 Å². The summed E-state index contributed by atoms with van der Waals surface area (Å²) in [6.07, 6.45) is 4.19. The zero-order valence-corrected chi connectivity index (χ0v) is 21.2. The van der Waals surface area contributed by atoms with Crippen molar-refractivity contribution in [2.24, 2.45) is 0 Å². The number of amides is 1. The summed E-state index contributed by atoms with van der Waals surface area (Å²) < 4.78 is 2.21. The molecule has 1 saturated heterocycles. The van der Waals surface area contributed by atoms with Crippen molar-refractivity contribution >= 4 is 28.9 Å². The van der Waals surface area contributed by atoms with Crippen LogP contribution in [0.15, 0.2) is 91.3 Å². The Morgan fingerprint density at radius 1 is 1.00 bits per heavy atom. The van der Waals surface area contributed by atoms with E-state index >= 15 is 0 Å². The van der Waals surface area contributed by atoms with Gasteiger partial charge in [-0.05, 0) is 74.1 Å². The summed E-state index contributed by atoms with van der Waals surface area (Å²) in [5.41, 5.74) is 6.25. The van der Waals surface area contributed by atoms with Gasteiger partial charge in [-0.25, -0.2) is 0 Å². The molecule has 182 valence electrons. The third kappa shape index (κ3) is 4.88. The fourth-order valence-corrected chi connectivity index (χ4v) is 5.07. The third-order valence-corrected chi connectivity index (χ3v) is 6.92. The summed E-state index contributed by atoms with van der Waals surface area (Å²) in [6.45, 7) is 4.62. The second-order valence-electron chi connectivity index (χ2n) is 9.07. The minimum absolute atomic E-state index is 0.0454. The van der Waals surface area contributed by atoms with Crippen LogP contribution in [-0.4, -0.2) is 32.0 Å². The van der Waals surface area contributed by atoms with Crippen LogP contribution in [0.5, 0.6) is 0 Å². The van der Waals surface area contributed by atoms with Gasteiger partial charge in [-0.15, -0.1) is 0 Å². The van der Waals surface area contributed by atoms with Gasteiger partial charge < -0.3 is 20.1 Å². The van der Waals surface area contributed by atoms with Gasteiger partial charge >= 0.3 is 0 Å². The molecule has 2 atom stereocenters. The highest BCUT2D eigenvalue weighted by atomic mass is 32.1. The molecule has 3 heterocycles. The van der Waals surface area contributed by atoms with Crippen molar-refractivity contribution in [3.63, 3.8) is 0 Å². The number of aromatic nitrogens is 2. The molecule has 36 heavy (non-hydrogen) atoms. The number of para-hydroxylation sites is 1. The van der Waals surface area contributed by atoms with Crippen LogP contribution in [0.3, 0.4) is 0 Å². The first-order chi connectivity index (χ1) is 17.5. The average Bonchev–Trinajstić information content (AvgIpc) is 3.49. The summed E-state index contributed by atoms with van der Waals surface area (Å²) in [4.78, 5) is 19.6. The van der Waals surface area contributed by atoms with Crippen LogP contribution in [0.1, 0.15) is 41.0 Å². The number of thiocarbonyl (C=S) groups is 1. The van der Waals surface area contributed by atoms with E-state index in [0.717, 1.165) is 28.3 Å². The fraction of sp³-hybridized carbons (Fsp3) is 0.207. The number of hydrogen-bond acceptors (Lipinski definition) is 3. The summed E-state index contributed by atoms with van der Waals surface area (Å²) in [5.74, 6) is -0.0454. The van der Waals surface area contributed by atoms with Crippen molar-refractivity contribution in [1.29, 1.82) is 0 Å². The van der Waals surface area contributed by atoms with E-state index in [-0.39, 0.29) is 18.0 Å². The highest BCUT2D eigenvalue weighted by Gasteiger charge is 2.41. The predicted octanol–water partition coefficient (Wildman–Crippen LogP) is 5.49. The van der Waals surface area contributed by atoms with Crippen molar-refractivity contribution in [2.75, 3.05) is 11.9 Å². The first-order valence-electron chi connectivity index (χ1n) is 12.1. The fourth-order valence-electron chi connectivity index (χ4n) is 4.74. The Bertz CT molecular complexity index is 1370. The molecule has 2 N–H and O–H groups in total. The summed E-state index contributed by atoms with van der Waals surface area (Å²) in [7, 11) is 0. The summed E-state index contributed by atoms with van der Waals surface area (Å²) >= 11 is 5.80. The van der Waals surface area contributed by atoms with Gasteiger partial charge in [-0.1, -0.05) is 42.0 Å². The minimum Gasteiger partial charge on any atom is -0.352 e. The maximum atomic E-state index is 12.8. The lowest BCUT2D eigenvalue weighted by atomic mass is 10.0. The first kappa shape index (κ1) is 23.8. The standard InChI is InChI=1S/C29H29N5OS/c1-20-12-14-22(15-13-20)31-26(35)16-19-34-28(27(32-29(34)36)23-9-5-6-17-30-23)25-11-7-18-33(25)24-10-4-3-8-21(24)2/h3-15,17-18,27-28H,16,19H2,1-2H3,(H,31,35)(H,32,36)/t27-,28+/m1/s1. The first-order valence-corrected chi connectivity index (χ1v) is 12.5. The number of hydrogen-bond donors (Lipinski definition) is 2. The molecule has 0 unspecified atom stereocenters. The Labute approximate surface area is 217 Å². The molecule has 0 radical (unpaired) electrons. The second-order valence-corrected chi connectivity index (χ2v) is 9.46. The van der Waals surface area contributed by atoms with Gasteiger partial charge in [0.05, 0.1) is 17.8 Å². The third-order valence-electron chi connectivity index (χ3n) is 6.57. The molecule has 2 aromatic carbocycles. The van der Waals surface area contributed by atoms with Gasteiger partial charge in [0.2, 0.25) is 5.91 Å². The average molecular weight is 496 g/mol. The number of rotatable bonds is 7. The summed E-state index contributed by atoms with van der Waals surface area (Å²) in [6, 6.07) is 26.0. The minimum atomic E-state index is -0.142. The molecule has 0 aliphatic carbocycles. The molecule has 1 amide bonds. The number of carbonyl (C=O) groups excluding carboxylic acids is 1. The molecule has 1 fully saturated rings. The molecule has 6 nitrogen and oxygen atoms in total. The van der Waals surface area contributed by atoms with E-state index in [4.69, 9.17) is 12.2 Å². The molecule has 7 heteroatoms. The van der Waals surface area contributed by atoms with E-state index in [0.29, 0.717) is 18.1 Å². The van der Waals surface area contributed by atoms with Crippen LogP contribution < -0.4 is 10.6 Å². The van der Waals surface area contributed by atoms with E-state index in [1.807, 2.05) is 61.5 Å². The predicted molar refractivity (Wildman–Crippen MR) is 147 cm³/mol. The van der Waals surface area contributed by atoms with Crippen molar-refractivity contribution < 1.29 is 4.79 Å². The maximum absolute atomic E-state index is 12.8. The zero-order chi connectivity index (χ0) is 25.1. The lowest BCUT2D eigenvalue weighted by molar-refractivity contribution is -0.116.